The third-order valence-corrected chi connectivity index (χ3v) is 7.36. The molecule has 0 atom stereocenters. The van der Waals surface area contributed by atoms with Crippen molar-refractivity contribution in [2.45, 2.75) is 92.4 Å². The Balaban J connectivity index is 0.000000392. The summed E-state index contributed by atoms with van der Waals surface area (Å²) >= 11 is 0. The second-order valence-electron chi connectivity index (χ2n) is 13.9. The van der Waals surface area contributed by atoms with Crippen LogP contribution in [0.2, 0.25) is 0 Å². The van der Waals surface area contributed by atoms with Crippen LogP contribution in [0.25, 0.3) is 33.5 Å². The standard InChI is InChI=1S/C26H33N6.C9H13N.Pt/c1-15(2)11-21-23(16(3)4)25(31-32(21)8)19-12-17-9-10-27-14-18(17)24(28-19)20-13-22(30-29-20)26(5,6)7;1-9(2,3)8-4-6-10-7-5-8;/h9-10,12-16H,11H2,1-8H3;4-7H,1-3H3;/q-1;;+2. The quantitative estimate of drug-likeness (QED) is 0.178. The van der Waals surface area contributed by atoms with Crippen LogP contribution in [0.1, 0.15) is 97.7 Å². The number of aromatic nitrogens is 7. The normalized spacial score (nSPS) is 11.9. The van der Waals surface area contributed by atoms with E-state index >= 15 is 0 Å². The summed E-state index contributed by atoms with van der Waals surface area (Å²) in [6.45, 7) is 22.0. The van der Waals surface area contributed by atoms with Gasteiger partial charge >= 0.3 is 21.1 Å². The second kappa shape index (κ2) is 13.6. The molecule has 0 unspecified atom stereocenters. The number of rotatable bonds is 5. The van der Waals surface area contributed by atoms with E-state index in [1.807, 2.05) is 48.6 Å². The molecule has 8 heteroatoms. The first-order chi connectivity index (χ1) is 19.7. The van der Waals surface area contributed by atoms with Crippen molar-refractivity contribution in [1.29, 1.82) is 0 Å². The molecule has 0 N–H and O–H groups in total. The SMILES string of the molecule is CC(C)(C)c1ccncc1.CC(C)Cc1c(C(C)C)c(-c2cc3ccncc3c(-c3cc(C(C)(C)C)n[n-]3)n2)[n-][n+]1C.[Pt+2]. The molecule has 0 saturated carbocycles. The molecule has 5 rings (SSSR count). The molecule has 0 radical (unpaired) electrons. The second-order valence-corrected chi connectivity index (χ2v) is 13.9. The zero-order valence-corrected chi connectivity index (χ0v) is 29.8. The Bertz CT molecular complexity index is 1630. The summed E-state index contributed by atoms with van der Waals surface area (Å²) < 4.78 is 2.03. The van der Waals surface area contributed by atoms with Crippen LogP contribution in [-0.2, 0) is 45.4 Å². The van der Waals surface area contributed by atoms with E-state index in [0.717, 1.165) is 45.7 Å². The van der Waals surface area contributed by atoms with Gasteiger partial charge in [-0.2, -0.15) is 0 Å². The zero-order valence-electron chi connectivity index (χ0n) is 27.5. The van der Waals surface area contributed by atoms with E-state index < -0.39 is 0 Å². The van der Waals surface area contributed by atoms with Crippen LogP contribution < -0.4 is 14.9 Å². The minimum absolute atomic E-state index is 0. The predicted octanol–water partition coefficient (Wildman–Crippen LogP) is 7.09. The summed E-state index contributed by atoms with van der Waals surface area (Å²) in [6.07, 6.45) is 8.34. The van der Waals surface area contributed by atoms with E-state index in [2.05, 4.69) is 108 Å². The monoisotopic (exact) mass is 759 g/mol. The van der Waals surface area contributed by atoms with E-state index in [-0.39, 0.29) is 31.9 Å². The van der Waals surface area contributed by atoms with Gasteiger partial charge in [-0.05, 0) is 52.5 Å². The van der Waals surface area contributed by atoms with Crippen molar-refractivity contribution in [3.63, 3.8) is 0 Å². The van der Waals surface area contributed by atoms with E-state index in [0.29, 0.717) is 11.8 Å². The van der Waals surface area contributed by atoms with Crippen LogP contribution in [0.5, 0.6) is 0 Å². The molecule has 0 bridgehead atoms. The van der Waals surface area contributed by atoms with E-state index in [4.69, 9.17) is 10.1 Å². The smallest absolute Gasteiger partial charge is 0.573 e. The maximum absolute atomic E-state index is 5.10. The van der Waals surface area contributed by atoms with Gasteiger partial charge in [0.05, 0.1) is 11.4 Å². The van der Waals surface area contributed by atoms with Crippen molar-refractivity contribution < 1.29 is 25.7 Å². The van der Waals surface area contributed by atoms with Gasteiger partial charge in [0.2, 0.25) is 0 Å². The van der Waals surface area contributed by atoms with Crippen molar-refractivity contribution in [3.05, 3.63) is 77.6 Å². The maximum Gasteiger partial charge on any atom is 2.00 e. The summed E-state index contributed by atoms with van der Waals surface area (Å²) in [7, 11) is 2.04. The predicted molar refractivity (Wildman–Crippen MR) is 170 cm³/mol. The molecule has 5 aromatic rings. The topological polar surface area (TPSA) is 83.6 Å². The van der Waals surface area contributed by atoms with Gasteiger partial charge in [-0.3, -0.25) is 19.6 Å². The van der Waals surface area contributed by atoms with Gasteiger partial charge in [0.15, 0.2) is 5.69 Å². The zero-order chi connectivity index (χ0) is 30.8. The molecular formula is C35H46N7Pt+. The molecule has 0 saturated heterocycles. The maximum atomic E-state index is 5.10. The van der Waals surface area contributed by atoms with Crippen molar-refractivity contribution in [2.24, 2.45) is 13.0 Å². The largest absolute Gasteiger partial charge is 2.00 e. The fraction of sp³-hybridized carbons (Fsp3) is 0.457. The molecule has 7 nitrogen and oxygen atoms in total. The minimum Gasteiger partial charge on any atom is -0.573 e. The van der Waals surface area contributed by atoms with E-state index in [1.54, 1.807) is 0 Å². The molecule has 0 amide bonds. The molecule has 0 aromatic carbocycles. The fourth-order valence-corrected chi connectivity index (χ4v) is 5.03. The fourth-order valence-electron chi connectivity index (χ4n) is 5.03. The Kier molecular flexibility index (Phi) is 10.9. The minimum atomic E-state index is -0.0749. The van der Waals surface area contributed by atoms with Crippen LogP contribution in [0.3, 0.4) is 0 Å². The van der Waals surface area contributed by atoms with Crippen LogP contribution >= 0.6 is 0 Å². The Hall–Kier alpha value is -3.18. The van der Waals surface area contributed by atoms with Crippen LogP contribution in [-0.4, -0.2) is 20.1 Å². The molecule has 230 valence electrons. The molecular weight excluding hydrogens is 714 g/mol. The molecule has 5 heterocycles. The summed E-state index contributed by atoms with van der Waals surface area (Å²) in [6, 6.07) is 10.3. The third kappa shape index (κ3) is 8.06. The van der Waals surface area contributed by atoms with Gasteiger partial charge in [0, 0.05) is 53.3 Å². The molecule has 0 fully saturated rings. The molecule has 5 aromatic heterocycles. The average molecular weight is 760 g/mol. The van der Waals surface area contributed by atoms with Gasteiger partial charge in [0.25, 0.3) is 0 Å². The van der Waals surface area contributed by atoms with Crippen molar-refractivity contribution in [2.75, 3.05) is 0 Å². The number of aryl methyl sites for hydroxylation is 1. The number of nitrogens with zero attached hydrogens (tertiary/aromatic N) is 7. The Morgan fingerprint density at radius 3 is 2.05 bits per heavy atom. The first kappa shape index (κ1) is 34.3. The Labute approximate surface area is 271 Å². The Morgan fingerprint density at radius 1 is 0.860 bits per heavy atom. The number of hydrogen-bond donors (Lipinski definition) is 0. The summed E-state index contributed by atoms with van der Waals surface area (Å²) in [5.41, 5.74) is 8.43. The average Bonchev–Trinajstić information content (AvgIpc) is 3.54. The van der Waals surface area contributed by atoms with Gasteiger partial charge in [-0.15, -0.1) is 0 Å². The van der Waals surface area contributed by atoms with Gasteiger partial charge in [0.1, 0.15) is 7.05 Å². The van der Waals surface area contributed by atoms with Gasteiger partial charge in [-0.1, -0.05) is 86.7 Å². The van der Waals surface area contributed by atoms with Gasteiger partial charge < -0.3 is 15.3 Å². The Morgan fingerprint density at radius 2 is 1.51 bits per heavy atom. The molecule has 0 aliphatic rings. The van der Waals surface area contributed by atoms with Gasteiger partial charge in [-0.25, -0.2) is 0 Å². The molecule has 0 aliphatic carbocycles. The van der Waals surface area contributed by atoms with E-state index in [9.17, 15) is 0 Å². The van der Waals surface area contributed by atoms with Crippen molar-refractivity contribution in [3.8, 4) is 22.8 Å². The van der Waals surface area contributed by atoms with Crippen molar-refractivity contribution in [1.82, 2.24) is 30.2 Å². The number of fused-ring (bicyclic) bond motifs is 1. The summed E-state index contributed by atoms with van der Waals surface area (Å²) in [4.78, 5) is 13.4. The van der Waals surface area contributed by atoms with Crippen LogP contribution in [0, 0.1) is 5.92 Å². The molecule has 0 spiro atoms. The number of pyridine rings is 3. The first-order valence-corrected chi connectivity index (χ1v) is 14.9. The third-order valence-electron chi connectivity index (χ3n) is 7.36. The van der Waals surface area contributed by atoms with Crippen LogP contribution in [0.15, 0.2) is 55.1 Å². The van der Waals surface area contributed by atoms with E-state index in [1.165, 1.54) is 16.8 Å². The first-order valence-electron chi connectivity index (χ1n) is 14.9. The summed E-state index contributed by atoms with van der Waals surface area (Å²) in [5.74, 6) is 0.898. The summed E-state index contributed by atoms with van der Waals surface area (Å²) in [5, 5.41) is 15.9. The van der Waals surface area contributed by atoms with Crippen molar-refractivity contribution >= 4 is 10.8 Å². The molecule has 43 heavy (non-hydrogen) atoms. The molecule has 0 aliphatic heterocycles. The number of hydrogen-bond acceptors (Lipinski definition) is 4. The van der Waals surface area contributed by atoms with Crippen LogP contribution in [0.4, 0.5) is 0 Å².